The Hall–Kier alpha value is -3.34. The van der Waals surface area contributed by atoms with E-state index in [2.05, 4.69) is 39.1 Å². The first-order chi connectivity index (χ1) is 13.8. The molecule has 1 saturated heterocycles. The van der Waals surface area contributed by atoms with Crippen molar-refractivity contribution in [3.05, 3.63) is 78.2 Å². The number of aromatic hydroxyl groups is 1. The van der Waals surface area contributed by atoms with E-state index in [-0.39, 0.29) is 5.88 Å². The molecule has 2 aromatic carbocycles. The Balaban J connectivity index is 1.45. The van der Waals surface area contributed by atoms with Gasteiger partial charge in [-0.05, 0) is 30.5 Å². The van der Waals surface area contributed by atoms with Crippen molar-refractivity contribution in [2.45, 2.75) is 19.3 Å². The van der Waals surface area contributed by atoms with Gasteiger partial charge in [0.2, 0.25) is 5.88 Å². The lowest BCUT2D eigenvalue weighted by atomic mass is 10.1. The Kier molecular flexibility index (Phi) is 4.20. The average molecular weight is 370 g/mol. The standard InChI is InChI=1S/C23H22N4O/c28-23-20(14-17-6-2-1-3-7-17)25-22-15-24-21(16-27(22)23)18-8-10-19(11-9-18)26-12-4-5-13-26/h1-3,6-11,15-16,28H,4-5,12-14H2. The van der Waals surface area contributed by atoms with Crippen LogP contribution in [0, 0.1) is 0 Å². The second-order valence-corrected chi connectivity index (χ2v) is 7.29. The number of hydrogen-bond acceptors (Lipinski definition) is 4. The van der Waals surface area contributed by atoms with E-state index in [0.29, 0.717) is 17.8 Å². The molecular formula is C23H22N4O. The molecule has 1 N–H and O–H groups in total. The van der Waals surface area contributed by atoms with Crippen molar-refractivity contribution >= 4 is 11.3 Å². The van der Waals surface area contributed by atoms with E-state index in [1.54, 1.807) is 10.6 Å². The van der Waals surface area contributed by atoms with E-state index in [1.165, 1.54) is 18.5 Å². The molecule has 1 aliphatic heterocycles. The molecule has 4 aromatic rings. The molecule has 2 aromatic heterocycles. The molecule has 3 heterocycles. The van der Waals surface area contributed by atoms with Crippen molar-refractivity contribution in [2.24, 2.45) is 0 Å². The topological polar surface area (TPSA) is 53.7 Å². The Morgan fingerprint density at radius 3 is 2.43 bits per heavy atom. The molecule has 140 valence electrons. The van der Waals surface area contributed by atoms with Crippen LogP contribution in [-0.4, -0.2) is 32.6 Å². The minimum absolute atomic E-state index is 0.177. The van der Waals surface area contributed by atoms with E-state index >= 15 is 0 Å². The molecule has 0 aliphatic carbocycles. The van der Waals surface area contributed by atoms with Gasteiger partial charge in [0.15, 0.2) is 5.65 Å². The lowest BCUT2D eigenvalue weighted by Crippen LogP contribution is -2.17. The van der Waals surface area contributed by atoms with Crippen molar-refractivity contribution in [1.29, 1.82) is 0 Å². The molecule has 0 amide bonds. The normalized spacial score (nSPS) is 14.1. The van der Waals surface area contributed by atoms with E-state index in [4.69, 9.17) is 0 Å². The number of rotatable bonds is 4. The molecule has 0 bridgehead atoms. The van der Waals surface area contributed by atoms with Crippen molar-refractivity contribution in [2.75, 3.05) is 18.0 Å². The van der Waals surface area contributed by atoms with Gasteiger partial charge in [0, 0.05) is 37.0 Å². The summed E-state index contributed by atoms with van der Waals surface area (Å²) in [6.45, 7) is 2.27. The van der Waals surface area contributed by atoms with Crippen LogP contribution in [0.25, 0.3) is 16.9 Å². The number of aromatic nitrogens is 3. The lowest BCUT2D eigenvalue weighted by molar-refractivity contribution is 0.442. The summed E-state index contributed by atoms with van der Waals surface area (Å²) in [4.78, 5) is 11.5. The summed E-state index contributed by atoms with van der Waals surface area (Å²) in [7, 11) is 0. The van der Waals surface area contributed by atoms with Crippen molar-refractivity contribution in [1.82, 2.24) is 14.4 Å². The molecule has 0 radical (unpaired) electrons. The first-order valence-corrected chi connectivity index (χ1v) is 9.73. The number of anilines is 1. The zero-order chi connectivity index (χ0) is 18.9. The van der Waals surface area contributed by atoms with Gasteiger partial charge in [-0.1, -0.05) is 42.5 Å². The van der Waals surface area contributed by atoms with E-state index in [9.17, 15) is 5.11 Å². The Labute approximate surface area is 163 Å². The molecular weight excluding hydrogens is 348 g/mol. The van der Waals surface area contributed by atoms with Gasteiger partial charge >= 0.3 is 0 Å². The minimum Gasteiger partial charge on any atom is -0.493 e. The van der Waals surface area contributed by atoms with Gasteiger partial charge in [-0.2, -0.15) is 0 Å². The largest absolute Gasteiger partial charge is 0.493 e. The first-order valence-electron chi connectivity index (χ1n) is 9.73. The maximum atomic E-state index is 10.7. The monoisotopic (exact) mass is 370 g/mol. The fraction of sp³-hybridized carbons (Fsp3) is 0.217. The van der Waals surface area contributed by atoms with Gasteiger partial charge < -0.3 is 10.0 Å². The zero-order valence-corrected chi connectivity index (χ0v) is 15.6. The fourth-order valence-corrected chi connectivity index (χ4v) is 3.87. The summed E-state index contributed by atoms with van der Waals surface area (Å²) < 4.78 is 1.72. The first kappa shape index (κ1) is 16.8. The minimum atomic E-state index is 0.177. The average Bonchev–Trinajstić information content (AvgIpc) is 3.38. The van der Waals surface area contributed by atoms with Crippen LogP contribution in [0.2, 0.25) is 0 Å². The van der Waals surface area contributed by atoms with Crippen LogP contribution >= 0.6 is 0 Å². The third-order valence-electron chi connectivity index (χ3n) is 5.40. The highest BCUT2D eigenvalue weighted by atomic mass is 16.3. The second kappa shape index (κ2) is 7.00. The Bertz CT molecular complexity index is 1100. The molecule has 1 aliphatic rings. The highest BCUT2D eigenvalue weighted by Crippen LogP contribution is 2.27. The van der Waals surface area contributed by atoms with Crippen molar-refractivity contribution in [3.63, 3.8) is 0 Å². The third kappa shape index (κ3) is 3.09. The van der Waals surface area contributed by atoms with E-state index in [0.717, 1.165) is 29.9 Å². The number of hydrogen-bond donors (Lipinski definition) is 1. The van der Waals surface area contributed by atoms with Crippen LogP contribution in [0.15, 0.2) is 67.0 Å². The van der Waals surface area contributed by atoms with Gasteiger partial charge in [-0.3, -0.25) is 9.38 Å². The number of benzene rings is 2. The predicted octanol–water partition coefficient (Wildman–Crippen LogP) is 4.29. The molecule has 0 atom stereocenters. The molecule has 5 heteroatoms. The van der Waals surface area contributed by atoms with Crippen LogP contribution in [0.1, 0.15) is 24.1 Å². The van der Waals surface area contributed by atoms with Gasteiger partial charge in [-0.25, -0.2) is 4.98 Å². The summed E-state index contributed by atoms with van der Waals surface area (Å²) >= 11 is 0. The molecule has 0 saturated carbocycles. The number of nitrogens with zero attached hydrogens (tertiary/aromatic N) is 4. The molecule has 1 fully saturated rings. The maximum absolute atomic E-state index is 10.7. The molecule has 5 nitrogen and oxygen atoms in total. The maximum Gasteiger partial charge on any atom is 0.219 e. The molecule has 0 unspecified atom stereocenters. The number of fused-ring (bicyclic) bond motifs is 1. The highest BCUT2D eigenvalue weighted by molar-refractivity contribution is 5.64. The molecule has 5 rings (SSSR count). The van der Waals surface area contributed by atoms with Crippen LogP contribution < -0.4 is 4.90 Å². The summed E-state index contributed by atoms with van der Waals surface area (Å²) in [5.41, 5.74) is 5.54. The summed E-state index contributed by atoms with van der Waals surface area (Å²) in [5.74, 6) is 0.177. The van der Waals surface area contributed by atoms with Gasteiger partial charge in [0.05, 0.1) is 11.9 Å². The predicted molar refractivity (Wildman–Crippen MR) is 111 cm³/mol. The van der Waals surface area contributed by atoms with E-state index < -0.39 is 0 Å². The highest BCUT2D eigenvalue weighted by Gasteiger charge is 2.14. The SMILES string of the molecule is Oc1c(Cc2ccccc2)nc2cnc(-c3ccc(N4CCCC4)cc3)cn12. The molecule has 0 spiro atoms. The van der Waals surface area contributed by atoms with E-state index in [1.807, 2.05) is 36.5 Å². The second-order valence-electron chi connectivity index (χ2n) is 7.29. The Morgan fingerprint density at radius 2 is 1.68 bits per heavy atom. The quantitative estimate of drug-likeness (QED) is 0.582. The zero-order valence-electron chi connectivity index (χ0n) is 15.6. The van der Waals surface area contributed by atoms with Crippen LogP contribution in [0.3, 0.4) is 0 Å². The summed E-state index contributed by atoms with van der Waals surface area (Å²) in [6.07, 6.45) is 6.71. The summed E-state index contributed by atoms with van der Waals surface area (Å²) in [5, 5.41) is 10.7. The fourth-order valence-electron chi connectivity index (χ4n) is 3.87. The summed E-state index contributed by atoms with van der Waals surface area (Å²) in [6, 6.07) is 18.5. The number of imidazole rings is 1. The van der Waals surface area contributed by atoms with Crippen molar-refractivity contribution in [3.8, 4) is 17.1 Å². The molecule has 28 heavy (non-hydrogen) atoms. The van der Waals surface area contributed by atoms with Gasteiger partial charge in [-0.15, -0.1) is 0 Å². The van der Waals surface area contributed by atoms with Gasteiger partial charge in [0.25, 0.3) is 0 Å². The third-order valence-corrected chi connectivity index (χ3v) is 5.40. The Morgan fingerprint density at radius 1 is 0.929 bits per heavy atom. The van der Waals surface area contributed by atoms with Crippen LogP contribution in [-0.2, 0) is 6.42 Å². The smallest absolute Gasteiger partial charge is 0.219 e. The lowest BCUT2D eigenvalue weighted by Gasteiger charge is -2.17. The van der Waals surface area contributed by atoms with Gasteiger partial charge in [0.1, 0.15) is 5.69 Å². The van der Waals surface area contributed by atoms with Crippen molar-refractivity contribution < 1.29 is 5.11 Å². The van der Waals surface area contributed by atoms with Crippen LogP contribution in [0.5, 0.6) is 5.88 Å². The van der Waals surface area contributed by atoms with Crippen LogP contribution in [0.4, 0.5) is 5.69 Å².